The van der Waals surface area contributed by atoms with Crippen LogP contribution in [0.2, 0.25) is 0 Å². The van der Waals surface area contributed by atoms with E-state index in [1.165, 1.54) is 12.1 Å². The first-order chi connectivity index (χ1) is 9.77. The number of benzene rings is 1. The molecule has 0 N–H and O–H groups in total. The van der Waals surface area contributed by atoms with Crippen LogP contribution in [0.1, 0.15) is 5.69 Å². The van der Waals surface area contributed by atoms with Crippen LogP contribution in [-0.4, -0.2) is 14.9 Å². The molecule has 0 aliphatic rings. The lowest BCUT2D eigenvalue weighted by atomic mass is 10.3. The summed E-state index contributed by atoms with van der Waals surface area (Å²) in [5, 5.41) is 10.7. The number of hydrogen-bond acceptors (Lipinski definition) is 5. The number of alkyl halides is 3. The molecule has 2 aromatic rings. The summed E-state index contributed by atoms with van der Waals surface area (Å²) >= 11 is 1.83. The van der Waals surface area contributed by atoms with E-state index in [-0.39, 0.29) is 11.4 Å². The number of halogens is 4. The predicted molar refractivity (Wildman–Crippen MR) is 72.9 cm³/mol. The number of rotatable bonds is 3. The van der Waals surface area contributed by atoms with Gasteiger partial charge in [-0.05, 0) is 34.7 Å². The largest absolute Gasteiger partial charge is 0.433 e. The Kier molecular flexibility index (Phi) is 4.25. The first-order valence-electron chi connectivity index (χ1n) is 5.29. The average molecular weight is 411 g/mol. The summed E-state index contributed by atoms with van der Waals surface area (Å²) in [4.78, 5) is 16.8. The lowest BCUT2D eigenvalue weighted by molar-refractivity contribution is -0.384. The van der Waals surface area contributed by atoms with Crippen molar-refractivity contribution in [2.75, 3.05) is 0 Å². The van der Waals surface area contributed by atoms with Crippen molar-refractivity contribution in [3.05, 3.63) is 49.8 Å². The normalized spacial score (nSPS) is 11.2. The third kappa shape index (κ3) is 3.77. The third-order valence-electron chi connectivity index (χ3n) is 2.25. The van der Waals surface area contributed by atoms with Crippen LogP contribution in [0.15, 0.2) is 30.5 Å². The van der Waals surface area contributed by atoms with Crippen molar-refractivity contribution >= 4 is 28.3 Å². The molecule has 21 heavy (non-hydrogen) atoms. The molecule has 110 valence electrons. The van der Waals surface area contributed by atoms with Crippen LogP contribution < -0.4 is 4.74 Å². The molecule has 0 unspecified atom stereocenters. The van der Waals surface area contributed by atoms with Crippen molar-refractivity contribution in [3.63, 3.8) is 0 Å². The summed E-state index contributed by atoms with van der Waals surface area (Å²) in [5.74, 6) is 0.00382. The number of nitrogens with zero attached hydrogens (tertiary/aromatic N) is 3. The maximum absolute atomic E-state index is 12.5. The van der Waals surface area contributed by atoms with Gasteiger partial charge in [0.05, 0.1) is 14.6 Å². The number of nitro benzene ring substituents is 1. The van der Waals surface area contributed by atoms with Gasteiger partial charge in [0.2, 0.25) is 0 Å². The van der Waals surface area contributed by atoms with Crippen molar-refractivity contribution in [2.45, 2.75) is 6.18 Å². The van der Waals surface area contributed by atoms with Gasteiger partial charge in [0.15, 0.2) is 11.4 Å². The van der Waals surface area contributed by atoms with E-state index < -0.39 is 22.8 Å². The fourth-order valence-electron chi connectivity index (χ4n) is 1.33. The van der Waals surface area contributed by atoms with Gasteiger partial charge in [0, 0.05) is 12.3 Å². The average Bonchev–Trinajstić information content (AvgIpc) is 2.40. The summed E-state index contributed by atoms with van der Waals surface area (Å²) in [6, 6.07) is 3.91. The van der Waals surface area contributed by atoms with E-state index >= 15 is 0 Å². The summed E-state index contributed by atoms with van der Waals surface area (Å²) in [5.41, 5.74) is -1.41. The summed E-state index contributed by atoms with van der Waals surface area (Å²) < 4.78 is 43.1. The Balaban J connectivity index is 2.34. The number of non-ortho nitro benzene ring substituents is 1. The molecule has 0 atom stereocenters. The van der Waals surface area contributed by atoms with E-state index in [0.717, 1.165) is 12.3 Å². The van der Waals surface area contributed by atoms with Gasteiger partial charge in [-0.2, -0.15) is 18.2 Å². The van der Waals surface area contributed by atoms with Crippen LogP contribution in [0, 0.1) is 13.7 Å². The van der Waals surface area contributed by atoms with Gasteiger partial charge in [-0.25, -0.2) is 4.98 Å². The molecular formula is C11H5F3IN3O3. The minimum Gasteiger partial charge on any atom is -0.423 e. The zero-order chi connectivity index (χ0) is 15.6. The maximum Gasteiger partial charge on any atom is 0.433 e. The zero-order valence-electron chi connectivity index (χ0n) is 9.96. The second-order valence-electron chi connectivity index (χ2n) is 3.70. The quantitative estimate of drug-likeness (QED) is 0.436. The molecule has 1 aromatic carbocycles. The molecule has 0 saturated carbocycles. The second-order valence-corrected chi connectivity index (χ2v) is 4.86. The van der Waals surface area contributed by atoms with E-state index in [1.54, 1.807) is 0 Å². The summed E-state index contributed by atoms with van der Waals surface area (Å²) in [7, 11) is 0. The molecule has 0 fully saturated rings. The molecule has 0 aliphatic carbocycles. The molecule has 1 aromatic heterocycles. The summed E-state index contributed by atoms with van der Waals surface area (Å²) in [6.45, 7) is 0. The highest BCUT2D eigenvalue weighted by Gasteiger charge is 2.33. The van der Waals surface area contributed by atoms with Gasteiger partial charge in [-0.1, -0.05) is 0 Å². The lowest BCUT2D eigenvalue weighted by Crippen LogP contribution is -2.09. The number of aromatic nitrogens is 2. The monoisotopic (exact) mass is 411 g/mol. The van der Waals surface area contributed by atoms with Crippen molar-refractivity contribution in [1.29, 1.82) is 0 Å². The molecule has 0 aliphatic heterocycles. The predicted octanol–water partition coefficient (Wildman–Crippen LogP) is 3.80. The lowest BCUT2D eigenvalue weighted by Gasteiger charge is -2.08. The Morgan fingerprint density at radius 2 is 2.00 bits per heavy atom. The van der Waals surface area contributed by atoms with Crippen molar-refractivity contribution in [3.8, 4) is 11.8 Å². The highest BCUT2D eigenvalue weighted by atomic mass is 127. The standard InChI is InChI=1S/C11H5F3IN3O3/c12-11(13,14)9-3-4-16-10(17-9)21-8-5-6(18(19)20)1-2-7(8)15/h1-5H. The number of hydrogen-bond donors (Lipinski definition) is 0. The molecular weight excluding hydrogens is 406 g/mol. The molecule has 0 saturated heterocycles. The Morgan fingerprint density at radius 3 is 2.62 bits per heavy atom. The molecule has 2 rings (SSSR count). The molecule has 0 radical (unpaired) electrons. The topological polar surface area (TPSA) is 78.2 Å². The van der Waals surface area contributed by atoms with Crippen LogP contribution in [0.25, 0.3) is 0 Å². The summed E-state index contributed by atoms with van der Waals surface area (Å²) in [6.07, 6.45) is -3.73. The number of ether oxygens (including phenoxy) is 1. The van der Waals surface area contributed by atoms with Crippen LogP contribution >= 0.6 is 22.6 Å². The van der Waals surface area contributed by atoms with E-state index in [4.69, 9.17) is 4.74 Å². The molecule has 6 nitrogen and oxygen atoms in total. The van der Waals surface area contributed by atoms with E-state index in [0.29, 0.717) is 9.64 Å². The zero-order valence-corrected chi connectivity index (χ0v) is 12.1. The molecule has 1 heterocycles. The Hall–Kier alpha value is -1.98. The van der Waals surface area contributed by atoms with Crippen molar-refractivity contribution in [1.82, 2.24) is 9.97 Å². The van der Waals surface area contributed by atoms with Gasteiger partial charge < -0.3 is 4.74 Å². The Morgan fingerprint density at radius 1 is 1.29 bits per heavy atom. The smallest absolute Gasteiger partial charge is 0.423 e. The van der Waals surface area contributed by atoms with E-state index in [2.05, 4.69) is 9.97 Å². The third-order valence-corrected chi connectivity index (χ3v) is 3.14. The molecule has 0 bridgehead atoms. The Bertz CT molecular complexity index is 694. The minimum atomic E-state index is -4.63. The Labute approximate surface area is 129 Å². The van der Waals surface area contributed by atoms with Crippen molar-refractivity contribution in [2.24, 2.45) is 0 Å². The molecule has 0 spiro atoms. The van der Waals surface area contributed by atoms with Gasteiger partial charge >= 0.3 is 12.2 Å². The fourth-order valence-corrected chi connectivity index (χ4v) is 1.78. The first-order valence-corrected chi connectivity index (χ1v) is 6.37. The van der Waals surface area contributed by atoms with Gasteiger partial charge in [0.25, 0.3) is 5.69 Å². The highest BCUT2D eigenvalue weighted by molar-refractivity contribution is 14.1. The second kappa shape index (κ2) is 5.79. The first kappa shape index (κ1) is 15.4. The minimum absolute atomic E-state index is 0.00382. The molecule has 10 heteroatoms. The van der Waals surface area contributed by atoms with Crippen LogP contribution in [0.3, 0.4) is 0 Å². The van der Waals surface area contributed by atoms with Crippen molar-refractivity contribution < 1.29 is 22.8 Å². The molecule has 0 amide bonds. The van der Waals surface area contributed by atoms with Gasteiger partial charge in [-0.3, -0.25) is 10.1 Å². The van der Waals surface area contributed by atoms with E-state index in [9.17, 15) is 23.3 Å². The highest BCUT2D eigenvalue weighted by Crippen LogP contribution is 2.31. The van der Waals surface area contributed by atoms with Crippen LogP contribution in [0.4, 0.5) is 18.9 Å². The van der Waals surface area contributed by atoms with Crippen LogP contribution in [0.5, 0.6) is 11.8 Å². The fraction of sp³-hybridized carbons (Fsp3) is 0.0909. The maximum atomic E-state index is 12.5. The SMILES string of the molecule is O=[N+]([O-])c1ccc(I)c(Oc2nccc(C(F)(F)F)n2)c1. The van der Waals surface area contributed by atoms with E-state index in [1.807, 2.05) is 22.6 Å². The van der Waals surface area contributed by atoms with Crippen LogP contribution in [-0.2, 0) is 6.18 Å². The van der Waals surface area contributed by atoms with Gasteiger partial charge in [0.1, 0.15) is 0 Å². The number of nitro groups is 1. The van der Waals surface area contributed by atoms with Gasteiger partial charge in [-0.15, -0.1) is 0 Å².